The second-order valence-electron chi connectivity index (χ2n) is 5.52. The zero-order chi connectivity index (χ0) is 13.7. The number of fused-ring (bicyclic) bond motifs is 1. The summed E-state index contributed by atoms with van der Waals surface area (Å²) in [6, 6.07) is 2.16. The Labute approximate surface area is 116 Å². The molecular weight excluding hydrogens is 230 g/mol. The summed E-state index contributed by atoms with van der Waals surface area (Å²) >= 11 is 0. The average Bonchev–Trinajstić information content (AvgIpc) is 2.42. The maximum Gasteiger partial charge on any atom is 0.0730 e. The summed E-state index contributed by atoms with van der Waals surface area (Å²) in [5, 5.41) is 0. The highest BCUT2D eigenvalue weighted by Crippen LogP contribution is 2.26. The number of aromatic nitrogens is 1. The molecule has 0 unspecified atom stereocenters. The van der Waals surface area contributed by atoms with Crippen molar-refractivity contribution in [1.29, 1.82) is 0 Å². The van der Waals surface area contributed by atoms with E-state index in [1.165, 1.54) is 30.4 Å². The summed E-state index contributed by atoms with van der Waals surface area (Å²) in [5.74, 6) is 0.584. The Morgan fingerprint density at radius 3 is 2.84 bits per heavy atom. The van der Waals surface area contributed by atoms with Crippen LogP contribution in [0.4, 0.5) is 0 Å². The monoisotopic (exact) mass is 253 g/mol. The van der Waals surface area contributed by atoms with Gasteiger partial charge >= 0.3 is 0 Å². The number of pyridine rings is 1. The minimum Gasteiger partial charge on any atom is -0.256 e. The molecule has 0 saturated heterocycles. The highest BCUT2D eigenvalue weighted by molar-refractivity contribution is 5.72. The van der Waals surface area contributed by atoms with E-state index in [9.17, 15) is 0 Å². The van der Waals surface area contributed by atoms with Crippen molar-refractivity contribution < 1.29 is 0 Å². The third-order valence-electron chi connectivity index (χ3n) is 3.48. The number of nitrogens with zero attached hydrogens (tertiary/aromatic N) is 1. The molecule has 19 heavy (non-hydrogen) atoms. The van der Waals surface area contributed by atoms with E-state index in [1.807, 2.05) is 6.20 Å². The van der Waals surface area contributed by atoms with E-state index in [0.717, 1.165) is 17.7 Å². The molecule has 0 aromatic carbocycles. The molecule has 0 N–H and O–H groups in total. The van der Waals surface area contributed by atoms with Gasteiger partial charge in [0.2, 0.25) is 0 Å². The fraction of sp³-hybridized carbons (Fsp3) is 0.389. The lowest BCUT2D eigenvalue weighted by Gasteiger charge is -2.18. The first-order valence-electron chi connectivity index (χ1n) is 7.19. The first kappa shape index (κ1) is 13.8. The van der Waals surface area contributed by atoms with Crippen LogP contribution < -0.4 is 0 Å². The molecule has 1 aromatic heterocycles. The second kappa shape index (κ2) is 6.51. The molecule has 0 amide bonds. The first-order valence-corrected chi connectivity index (χ1v) is 7.19. The molecule has 1 aliphatic carbocycles. The van der Waals surface area contributed by atoms with E-state index >= 15 is 0 Å². The molecule has 100 valence electrons. The lowest BCUT2D eigenvalue weighted by atomic mass is 9.89. The van der Waals surface area contributed by atoms with Gasteiger partial charge in [0.1, 0.15) is 0 Å². The summed E-state index contributed by atoms with van der Waals surface area (Å²) in [6.45, 7) is 8.52. The molecule has 0 bridgehead atoms. The van der Waals surface area contributed by atoms with Crippen LogP contribution in [-0.2, 0) is 12.8 Å². The molecule has 0 saturated carbocycles. The predicted octanol–water partition coefficient (Wildman–Crippen LogP) is 4.74. The Hall–Kier alpha value is -1.63. The molecule has 0 atom stereocenters. The van der Waals surface area contributed by atoms with Crippen molar-refractivity contribution in [2.45, 2.75) is 39.5 Å². The Morgan fingerprint density at radius 1 is 1.26 bits per heavy atom. The van der Waals surface area contributed by atoms with Crippen molar-refractivity contribution in [3.8, 4) is 0 Å². The van der Waals surface area contributed by atoms with Crippen LogP contribution in [0.3, 0.4) is 0 Å². The van der Waals surface area contributed by atoms with Crippen LogP contribution in [-0.4, -0.2) is 4.98 Å². The normalized spacial score (nSPS) is 15.3. The van der Waals surface area contributed by atoms with Gasteiger partial charge in [0, 0.05) is 6.20 Å². The van der Waals surface area contributed by atoms with Gasteiger partial charge in [0.25, 0.3) is 0 Å². The summed E-state index contributed by atoms with van der Waals surface area (Å²) < 4.78 is 0. The number of aryl methyl sites for hydroxylation is 1. The molecule has 1 aliphatic rings. The number of allylic oxidation sites excluding steroid dienone is 5. The van der Waals surface area contributed by atoms with Crippen LogP contribution in [0.15, 0.2) is 43.1 Å². The Bertz CT molecular complexity index is 506. The third-order valence-corrected chi connectivity index (χ3v) is 3.48. The van der Waals surface area contributed by atoms with Crippen LogP contribution >= 0.6 is 0 Å². The third kappa shape index (κ3) is 3.66. The molecule has 1 nitrogen and oxygen atoms in total. The molecule has 1 heterocycles. The standard InChI is InChI=1S/C18H23N/c1-14(2)8-4-5-9-15(3)18-17-11-7-6-10-16(17)12-13-19-18/h4-5,8-9,12-14H,3,6-7,10-11H2,1-2H3/b8-4+,9-5?. The van der Waals surface area contributed by atoms with Gasteiger partial charge in [-0.3, -0.25) is 4.98 Å². The molecule has 0 aliphatic heterocycles. The molecular formula is C18H23N. The minimum atomic E-state index is 0.584. The van der Waals surface area contributed by atoms with Crippen LogP contribution in [0.1, 0.15) is 43.5 Å². The van der Waals surface area contributed by atoms with Crippen molar-refractivity contribution in [1.82, 2.24) is 4.98 Å². The highest BCUT2D eigenvalue weighted by atomic mass is 14.7. The Balaban J connectivity index is 2.15. The number of hydrogen-bond acceptors (Lipinski definition) is 1. The van der Waals surface area contributed by atoms with Crippen LogP contribution in [0.25, 0.3) is 5.57 Å². The fourth-order valence-electron chi connectivity index (χ4n) is 2.48. The summed E-state index contributed by atoms with van der Waals surface area (Å²) in [4.78, 5) is 4.53. The van der Waals surface area contributed by atoms with Crippen molar-refractivity contribution in [3.63, 3.8) is 0 Å². The summed E-state index contributed by atoms with van der Waals surface area (Å²) in [7, 11) is 0. The van der Waals surface area contributed by atoms with Gasteiger partial charge in [-0.25, -0.2) is 0 Å². The smallest absolute Gasteiger partial charge is 0.0730 e. The molecule has 0 spiro atoms. The summed E-state index contributed by atoms with van der Waals surface area (Å²) in [6.07, 6.45) is 15.2. The Kier molecular flexibility index (Phi) is 4.73. The van der Waals surface area contributed by atoms with Crippen LogP contribution in [0.2, 0.25) is 0 Å². The van der Waals surface area contributed by atoms with E-state index < -0.39 is 0 Å². The zero-order valence-corrected chi connectivity index (χ0v) is 12.0. The fourth-order valence-corrected chi connectivity index (χ4v) is 2.48. The van der Waals surface area contributed by atoms with E-state index in [4.69, 9.17) is 0 Å². The maximum absolute atomic E-state index is 4.53. The maximum atomic E-state index is 4.53. The van der Waals surface area contributed by atoms with Crippen LogP contribution in [0.5, 0.6) is 0 Å². The zero-order valence-electron chi connectivity index (χ0n) is 12.0. The van der Waals surface area contributed by atoms with Gasteiger partial charge in [-0.05, 0) is 54.4 Å². The topological polar surface area (TPSA) is 12.9 Å². The largest absolute Gasteiger partial charge is 0.256 e. The second-order valence-corrected chi connectivity index (χ2v) is 5.52. The van der Waals surface area contributed by atoms with Crippen molar-refractivity contribution in [3.05, 3.63) is 60.0 Å². The number of hydrogen-bond donors (Lipinski definition) is 0. The average molecular weight is 253 g/mol. The lowest BCUT2D eigenvalue weighted by Crippen LogP contribution is -2.07. The SMILES string of the molecule is C=C(C=C/C=C/C(C)C)c1nccc2c1CCCC2. The van der Waals surface area contributed by atoms with Gasteiger partial charge < -0.3 is 0 Å². The van der Waals surface area contributed by atoms with Crippen molar-refractivity contribution in [2.24, 2.45) is 5.92 Å². The molecule has 1 heteroatoms. The van der Waals surface area contributed by atoms with E-state index in [0.29, 0.717) is 5.92 Å². The van der Waals surface area contributed by atoms with E-state index in [-0.39, 0.29) is 0 Å². The molecule has 2 rings (SSSR count). The quantitative estimate of drug-likeness (QED) is 0.706. The van der Waals surface area contributed by atoms with Gasteiger partial charge in [-0.2, -0.15) is 0 Å². The molecule has 0 radical (unpaired) electrons. The van der Waals surface area contributed by atoms with Gasteiger partial charge in [-0.15, -0.1) is 0 Å². The van der Waals surface area contributed by atoms with E-state index in [2.05, 4.69) is 55.8 Å². The van der Waals surface area contributed by atoms with Crippen molar-refractivity contribution >= 4 is 5.57 Å². The summed E-state index contributed by atoms with van der Waals surface area (Å²) in [5.41, 5.74) is 4.98. The van der Waals surface area contributed by atoms with Gasteiger partial charge in [-0.1, -0.05) is 44.7 Å². The molecule has 0 fully saturated rings. The minimum absolute atomic E-state index is 0.584. The van der Waals surface area contributed by atoms with Gasteiger partial charge in [0.05, 0.1) is 5.69 Å². The highest BCUT2D eigenvalue weighted by Gasteiger charge is 2.14. The molecule has 1 aromatic rings. The number of rotatable bonds is 4. The van der Waals surface area contributed by atoms with Gasteiger partial charge in [0.15, 0.2) is 0 Å². The Morgan fingerprint density at radius 2 is 2.05 bits per heavy atom. The van der Waals surface area contributed by atoms with E-state index in [1.54, 1.807) is 0 Å². The lowest BCUT2D eigenvalue weighted by molar-refractivity contribution is 0.680. The first-order chi connectivity index (χ1) is 9.18. The van der Waals surface area contributed by atoms with Crippen LogP contribution in [0, 0.1) is 5.92 Å². The van der Waals surface area contributed by atoms with Crippen molar-refractivity contribution in [2.75, 3.05) is 0 Å². The predicted molar refractivity (Wildman–Crippen MR) is 83.0 cm³/mol.